The Morgan fingerprint density at radius 3 is 2.53 bits per heavy atom. The fourth-order valence-corrected chi connectivity index (χ4v) is 4.22. The summed E-state index contributed by atoms with van der Waals surface area (Å²) in [7, 11) is 0. The van der Waals surface area contributed by atoms with Crippen molar-refractivity contribution in [2.45, 2.75) is 13.5 Å². The topological polar surface area (TPSA) is 123 Å². The van der Waals surface area contributed by atoms with Crippen LogP contribution in [0.1, 0.15) is 21.5 Å². The van der Waals surface area contributed by atoms with E-state index in [0.717, 1.165) is 5.56 Å². The minimum atomic E-state index is -0.463. The van der Waals surface area contributed by atoms with Crippen molar-refractivity contribution in [1.29, 1.82) is 0 Å². The van der Waals surface area contributed by atoms with Crippen LogP contribution in [0.25, 0.3) is 11.2 Å². The van der Waals surface area contributed by atoms with Crippen molar-refractivity contribution in [2.75, 3.05) is 31.1 Å². The first-order valence-electron chi connectivity index (χ1n) is 10.9. The van der Waals surface area contributed by atoms with Crippen molar-refractivity contribution in [3.05, 3.63) is 81.7 Å². The highest BCUT2D eigenvalue weighted by molar-refractivity contribution is 5.96. The predicted molar refractivity (Wildman–Crippen MR) is 125 cm³/mol. The highest BCUT2D eigenvalue weighted by Gasteiger charge is 2.27. The van der Waals surface area contributed by atoms with Crippen molar-refractivity contribution in [1.82, 2.24) is 29.9 Å². The van der Waals surface area contributed by atoms with Crippen LogP contribution in [0.2, 0.25) is 0 Å². The number of hydrogen-bond acceptors (Lipinski definition) is 8. The molecule has 0 spiro atoms. The number of piperazine rings is 1. The third-order valence-electron chi connectivity index (χ3n) is 6.05. The maximum atomic E-state index is 13.1. The Balaban J connectivity index is 1.32. The molecule has 0 aliphatic carbocycles. The Labute approximate surface area is 194 Å². The molecule has 1 saturated heterocycles. The number of nitrogens with zero attached hydrogens (tertiary/aromatic N) is 8. The number of carbonyl (C=O) groups excluding carboxylic acids is 1. The smallest absolute Gasteiger partial charge is 0.273 e. The second kappa shape index (κ2) is 8.85. The van der Waals surface area contributed by atoms with E-state index in [1.807, 2.05) is 30.3 Å². The first-order chi connectivity index (χ1) is 16.5. The predicted octanol–water partition coefficient (Wildman–Crippen LogP) is 2.45. The molecular weight excluding hydrogens is 436 g/mol. The van der Waals surface area contributed by atoms with Crippen molar-refractivity contribution in [3.8, 4) is 0 Å². The van der Waals surface area contributed by atoms with E-state index in [1.54, 1.807) is 28.6 Å². The fraction of sp³-hybridized carbons (Fsp3) is 0.261. The number of benzene rings is 2. The quantitative estimate of drug-likeness (QED) is 0.330. The molecule has 1 aliphatic heterocycles. The minimum Gasteiger partial charge on any atom is -0.351 e. The molecule has 0 saturated carbocycles. The van der Waals surface area contributed by atoms with Gasteiger partial charge in [-0.05, 0) is 18.6 Å². The summed E-state index contributed by atoms with van der Waals surface area (Å²) in [6.07, 6.45) is 1.51. The molecule has 3 heterocycles. The van der Waals surface area contributed by atoms with Crippen LogP contribution in [0.15, 0.2) is 54.9 Å². The molecule has 11 heteroatoms. The fourth-order valence-electron chi connectivity index (χ4n) is 4.22. The normalized spacial score (nSPS) is 13.9. The Kier molecular flexibility index (Phi) is 5.58. The molecule has 2 aromatic carbocycles. The largest absolute Gasteiger partial charge is 0.351 e. The number of rotatable bonds is 5. The number of hydrogen-bond donors (Lipinski definition) is 0. The van der Waals surface area contributed by atoms with Gasteiger partial charge < -0.3 is 9.80 Å². The third-order valence-corrected chi connectivity index (χ3v) is 6.05. The Bertz CT molecular complexity index is 1360. The average molecular weight is 458 g/mol. The molecule has 1 fully saturated rings. The van der Waals surface area contributed by atoms with Crippen molar-refractivity contribution >= 4 is 28.6 Å². The lowest BCUT2D eigenvalue weighted by atomic mass is 10.1. The van der Waals surface area contributed by atoms with Crippen LogP contribution in [-0.2, 0) is 6.54 Å². The summed E-state index contributed by atoms with van der Waals surface area (Å²) in [5.74, 6) is 0.477. The summed E-state index contributed by atoms with van der Waals surface area (Å²) in [6.45, 7) is 4.20. The summed E-state index contributed by atoms with van der Waals surface area (Å²) < 4.78 is 1.75. The number of anilines is 1. The van der Waals surface area contributed by atoms with Gasteiger partial charge in [-0.2, -0.15) is 0 Å². The average Bonchev–Trinajstić information content (AvgIpc) is 3.27. The zero-order valence-corrected chi connectivity index (χ0v) is 18.5. The van der Waals surface area contributed by atoms with Crippen LogP contribution in [0.3, 0.4) is 0 Å². The lowest BCUT2D eigenvalue weighted by molar-refractivity contribution is -0.385. The molecule has 1 aliphatic rings. The van der Waals surface area contributed by atoms with Crippen molar-refractivity contribution < 1.29 is 9.72 Å². The van der Waals surface area contributed by atoms with Gasteiger partial charge in [0.15, 0.2) is 17.0 Å². The Morgan fingerprint density at radius 2 is 1.79 bits per heavy atom. The number of amides is 1. The second-order valence-electron chi connectivity index (χ2n) is 8.09. The molecule has 34 heavy (non-hydrogen) atoms. The van der Waals surface area contributed by atoms with Gasteiger partial charge in [0.2, 0.25) is 0 Å². The van der Waals surface area contributed by atoms with Crippen LogP contribution in [0.4, 0.5) is 11.5 Å². The van der Waals surface area contributed by atoms with Crippen LogP contribution in [0.5, 0.6) is 0 Å². The monoisotopic (exact) mass is 458 g/mol. The maximum Gasteiger partial charge on any atom is 0.273 e. The molecule has 0 N–H and O–H groups in total. The van der Waals surface area contributed by atoms with Gasteiger partial charge in [-0.15, -0.1) is 5.10 Å². The summed E-state index contributed by atoms with van der Waals surface area (Å²) in [5.41, 5.74) is 3.06. The zero-order chi connectivity index (χ0) is 23.7. The van der Waals surface area contributed by atoms with E-state index >= 15 is 0 Å². The van der Waals surface area contributed by atoms with Gasteiger partial charge in [-0.3, -0.25) is 14.9 Å². The van der Waals surface area contributed by atoms with Gasteiger partial charge >= 0.3 is 0 Å². The maximum absolute atomic E-state index is 13.1. The standard InChI is InChI=1S/C23H22N8O3/c1-16-18(8-5-9-19(16)31(33)34)23(32)29-12-10-28(11-13-29)21-20-22(25-15-24-21)30(27-26-20)14-17-6-3-2-4-7-17/h2-9,15H,10-14H2,1H3. The van der Waals surface area contributed by atoms with E-state index in [2.05, 4.69) is 25.2 Å². The van der Waals surface area contributed by atoms with Gasteiger partial charge in [-0.25, -0.2) is 14.6 Å². The first-order valence-corrected chi connectivity index (χ1v) is 10.9. The van der Waals surface area contributed by atoms with Gasteiger partial charge in [0.05, 0.1) is 11.5 Å². The molecule has 1 amide bonds. The number of carbonyl (C=O) groups is 1. The van der Waals surface area contributed by atoms with Gasteiger partial charge in [0, 0.05) is 43.4 Å². The van der Waals surface area contributed by atoms with Crippen LogP contribution < -0.4 is 4.90 Å². The zero-order valence-electron chi connectivity index (χ0n) is 18.5. The van der Waals surface area contributed by atoms with Crippen LogP contribution >= 0.6 is 0 Å². The van der Waals surface area contributed by atoms with Crippen LogP contribution in [-0.4, -0.2) is 66.9 Å². The summed E-state index contributed by atoms with van der Waals surface area (Å²) in [4.78, 5) is 36.4. The molecule has 11 nitrogen and oxygen atoms in total. The molecule has 5 rings (SSSR count). The summed E-state index contributed by atoms with van der Waals surface area (Å²) >= 11 is 0. The highest BCUT2D eigenvalue weighted by Crippen LogP contribution is 2.25. The molecule has 2 aromatic heterocycles. The van der Waals surface area contributed by atoms with E-state index in [1.165, 1.54) is 12.4 Å². The minimum absolute atomic E-state index is 0.0496. The van der Waals surface area contributed by atoms with Gasteiger partial charge in [0.1, 0.15) is 6.33 Å². The molecule has 0 unspecified atom stereocenters. The van der Waals surface area contributed by atoms with E-state index < -0.39 is 4.92 Å². The SMILES string of the molecule is Cc1c(C(=O)N2CCN(c3ncnc4c3nnn4Cc3ccccc3)CC2)cccc1[N+](=O)[O-]. The van der Waals surface area contributed by atoms with Crippen molar-refractivity contribution in [2.24, 2.45) is 0 Å². The number of fused-ring (bicyclic) bond motifs is 1. The molecular formula is C23H22N8O3. The molecule has 0 bridgehead atoms. The lowest BCUT2D eigenvalue weighted by Crippen LogP contribution is -2.49. The van der Waals surface area contributed by atoms with E-state index in [0.29, 0.717) is 60.8 Å². The molecule has 4 aromatic rings. The number of aromatic nitrogens is 5. The molecule has 172 valence electrons. The second-order valence-corrected chi connectivity index (χ2v) is 8.09. The van der Waals surface area contributed by atoms with Crippen molar-refractivity contribution in [3.63, 3.8) is 0 Å². The van der Waals surface area contributed by atoms with Gasteiger partial charge in [0.25, 0.3) is 11.6 Å². The lowest BCUT2D eigenvalue weighted by Gasteiger charge is -2.35. The van der Waals surface area contributed by atoms with E-state index in [-0.39, 0.29) is 11.6 Å². The highest BCUT2D eigenvalue weighted by atomic mass is 16.6. The van der Waals surface area contributed by atoms with E-state index in [4.69, 9.17) is 0 Å². The summed E-state index contributed by atoms with van der Waals surface area (Å²) in [5, 5.41) is 19.8. The number of nitro benzene ring substituents is 1. The Morgan fingerprint density at radius 1 is 1.03 bits per heavy atom. The molecule has 0 radical (unpaired) electrons. The Hall–Kier alpha value is -4.41. The van der Waals surface area contributed by atoms with Gasteiger partial charge in [-0.1, -0.05) is 41.6 Å². The van der Waals surface area contributed by atoms with E-state index in [9.17, 15) is 14.9 Å². The van der Waals surface area contributed by atoms with Crippen LogP contribution in [0, 0.1) is 17.0 Å². The number of nitro groups is 1. The summed E-state index contributed by atoms with van der Waals surface area (Å²) in [6, 6.07) is 14.6. The molecule has 0 atom stereocenters. The third kappa shape index (κ3) is 3.91. The first kappa shape index (κ1) is 21.4.